The number of amides is 1. The third-order valence-corrected chi connectivity index (χ3v) is 4.93. The molecule has 4 nitrogen and oxygen atoms in total. The van der Waals surface area contributed by atoms with E-state index in [2.05, 4.69) is 40.1 Å². The first kappa shape index (κ1) is 16.3. The number of pyridine rings is 1. The maximum atomic E-state index is 12.8. The van der Waals surface area contributed by atoms with E-state index in [0.29, 0.717) is 22.8 Å². The number of carbonyl (C=O) groups excluding carboxylic acids is 1. The summed E-state index contributed by atoms with van der Waals surface area (Å²) in [4.78, 5) is 18.9. The van der Waals surface area contributed by atoms with Crippen LogP contribution in [0, 0.1) is 5.41 Å². The highest BCUT2D eigenvalue weighted by Gasteiger charge is 2.31. The largest absolute Gasteiger partial charge is 0.372 e. The minimum Gasteiger partial charge on any atom is -0.372 e. The van der Waals surface area contributed by atoms with Crippen molar-refractivity contribution >= 4 is 27.7 Å². The van der Waals surface area contributed by atoms with Gasteiger partial charge in [-0.2, -0.15) is 0 Å². The van der Waals surface area contributed by atoms with Gasteiger partial charge in [0, 0.05) is 30.8 Å². The van der Waals surface area contributed by atoms with Crippen LogP contribution in [0.15, 0.2) is 16.7 Å². The first-order valence-corrected chi connectivity index (χ1v) is 8.24. The number of aromatic nitrogens is 1. The van der Waals surface area contributed by atoms with Gasteiger partial charge < -0.3 is 10.2 Å². The average Bonchev–Trinajstić information content (AvgIpc) is 2.45. The van der Waals surface area contributed by atoms with Crippen molar-refractivity contribution < 1.29 is 4.79 Å². The molecule has 1 aromatic heterocycles. The SMILES string of the molecule is CNc1ncc(Br)cc1C(=O)N(C)C1CCC(C)(C)CC1. The number of rotatable bonds is 3. The third kappa shape index (κ3) is 3.76. The minimum atomic E-state index is 0.0397. The quantitative estimate of drug-likeness (QED) is 0.895. The van der Waals surface area contributed by atoms with E-state index in [1.165, 1.54) is 12.8 Å². The number of hydrogen-bond donors (Lipinski definition) is 1. The molecule has 0 aromatic carbocycles. The lowest BCUT2D eigenvalue weighted by Crippen LogP contribution is -2.41. The lowest BCUT2D eigenvalue weighted by Gasteiger charge is -2.38. The Kier molecular flexibility index (Phi) is 4.91. The van der Waals surface area contributed by atoms with Crippen LogP contribution in [-0.4, -0.2) is 35.9 Å². The molecular formula is C16H24BrN3O. The average molecular weight is 354 g/mol. The Labute approximate surface area is 135 Å². The van der Waals surface area contributed by atoms with Crippen molar-refractivity contribution in [1.82, 2.24) is 9.88 Å². The molecule has 5 heteroatoms. The predicted molar refractivity (Wildman–Crippen MR) is 89.6 cm³/mol. The topological polar surface area (TPSA) is 45.2 Å². The Balaban J connectivity index is 2.15. The monoisotopic (exact) mass is 353 g/mol. The van der Waals surface area contributed by atoms with E-state index in [0.717, 1.165) is 17.3 Å². The van der Waals surface area contributed by atoms with Gasteiger partial charge in [-0.15, -0.1) is 0 Å². The summed E-state index contributed by atoms with van der Waals surface area (Å²) in [7, 11) is 3.70. The molecule has 1 saturated carbocycles. The van der Waals surface area contributed by atoms with Crippen LogP contribution in [0.1, 0.15) is 49.9 Å². The summed E-state index contributed by atoms with van der Waals surface area (Å²) in [5.74, 6) is 0.670. The first-order chi connectivity index (χ1) is 9.84. The van der Waals surface area contributed by atoms with Crippen LogP contribution < -0.4 is 5.32 Å². The lowest BCUT2D eigenvalue weighted by molar-refractivity contribution is 0.0636. The summed E-state index contributed by atoms with van der Waals surface area (Å²) in [6.07, 6.45) is 6.19. The summed E-state index contributed by atoms with van der Waals surface area (Å²) >= 11 is 3.39. The molecule has 0 spiro atoms. The second-order valence-electron chi connectivity index (χ2n) is 6.61. The van der Waals surface area contributed by atoms with Crippen LogP contribution >= 0.6 is 15.9 Å². The van der Waals surface area contributed by atoms with Crippen molar-refractivity contribution in [2.24, 2.45) is 5.41 Å². The zero-order valence-corrected chi connectivity index (χ0v) is 14.8. The number of nitrogens with one attached hydrogen (secondary N) is 1. The third-order valence-electron chi connectivity index (χ3n) is 4.50. The molecule has 1 aromatic rings. The molecule has 1 amide bonds. The van der Waals surface area contributed by atoms with Gasteiger partial charge in [-0.05, 0) is 53.1 Å². The van der Waals surface area contributed by atoms with E-state index in [1.54, 1.807) is 13.2 Å². The van der Waals surface area contributed by atoms with Gasteiger partial charge in [-0.25, -0.2) is 4.98 Å². The molecule has 116 valence electrons. The molecule has 0 radical (unpaired) electrons. The fourth-order valence-corrected chi connectivity index (χ4v) is 3.26. The number of nitrogens with zero attached hydrogens (tertiary/aromatic N) is 2. The summed E-state index contributed by atoms with van der Waals surface area (Å²) < 4.78 is 0.822. The van der Waals surface area contributed by atoms with Crippen LogP contribution in [-0.2, 0) is 0 Å². The summed E-state index contributed by atoms with van der Waals surface area (Å²) in [5, 5.41) is 3.00. The Morgan fingerprint density at radius 2 is 2.05 bits per heavy atom. The van der Waals surface area contributed by atoms with E-state index < -0.39 is 0 Å². The van der Waals surface area contributed by atoms with Gasteiger partial charge in [-0.1, -0.05) is 13.8 Å². The zero-order chi connectivity index (χ0) is 15.6. The Morgan fingerprint density at radius 3 is 2.62 bits per heavy atom. The van der Waals surface area contributed by atoms with Crippen molar-refractivity contribution in [3.8, 4) is 0 Å². The van der Waals surface area contributed by atoms with E-state index in [1.807, 2.05) is 18.0 Å². The van der Waals surface area contributed by atoms with E-state index in [4.69, 9.17) is 0 Å². The maximum absolute atomic E-state index is 12.8. The van der Waals surface area contributed by atoms with Crippen molar-refractivity contribution in [1.29, 1.82) is 0 Å². The Morgan fingerprint density at radius 1 is 1.43 bits per heavy atom. The molecule has 0 bridgehead atoms. The van der Waals surface area contributed by atoms with Gasteiger partial charge in [0.25, 0.3) is 5.91 Å². The molecule has 1 N–H and O–H groups in total. The smallest absolute Gasteiger partial charge is 0.257 e. The number of hydrogen-bond acceptors (Lipinski definition) is 3. The molecule has 1 aliphatic rings. The second kappa shape index (κ2) is 6.34. The second-order valence-corrected chi connectivity index (χ2v) is 7.53. The fraction of sp³-hybridized carbons (Fsp3) is 0.625. The highest BCUT2D eigenvalue weighted by atomic mass is 79.9. The van der Waals surface area contributed by atoms with Crippen LogP contribution in [0.4, 0.5) is 5.82 Å². The van der Waals surface area contributed by atoms with Crippen LogP contribution in [0.5, 0.6) is 0 Å². The number of halogens is 1. The van der Waals surface area contributed by atoms with Crippen molar-refractivity contribution in [3.63, 3.8) is 0 Å². The van der Waals surface area contributed by atoms with Crippen LogP contribution in [0.2, 0.25) is 0 Å². The molecule has 0 saturated heterocycles. The Hall–Kier alpha value is -1.10. The van der Waals surface area contributed by atoms with Gasteiger partial charge in [0.05, 0.1) is 5.56 Å². The lowest BCUT2D eigenvalue weighted by atomic mass is 9.75. The molecular weight excluding hydrogens is 330 g/mol. The zero-order valence-electron chi connectivity index (χ0n) is 13.2. The highest BCUT2D eigenvalue weighted by Crippen LogP contribution is 2.37. The summed E-state index contributed by atoms with van der Waals surface area (Å²) in [6, 6.07) is 2.17. The normalized spacial score (nSPS) is 18.3. The van der Waals surface area contributed by atoms with E-state index in [9.17, 15) is 4.79 Å². The van der Waals surface area contributed by atoms with Gasteiger partial charge in [0.1, 0.15) is 5.82 Å². The van der Waals surface area contributed by atoms with Crippen LogP contribution in [0.3, 0.4) is 0 Å². The molecule has 2 rings (SSSR count). The standard InChI is InChI=1S/C16H24BrN3O/c1-16(2)7-5-12(6-8-16)20(4)15(21)13-9-11(17)10-19-14(13)18-3/h9-10,12H,5-8H2,1-4H3,(H,18,19). The fourth-order valence-electron chi connectivity index (χ4n) is 2.93. The van der Waals surface area contributed by atoms with Crippen LogP contribution in [0.25, 0.3) is 0 Å². The molecule has 1 aliphatic carbocycles. The van der Waals surface area contributed by atoms with Gasteiger partial charge >= 0.3 is 0 Å². The van der Waals surface area contributed by atoms with Gasteiger partial charge in [-0.3, -0.25) is 4.79 Å². The summed E-state index contributed by atoms with van der Waals surface area (Å²) in [5.41, 5.74) is 1.03. The Bertz CT molecular complexity index is 520. The van der Waals surface area contributed by atoms with E-state index in [-0.39, 0.29) is 5.91 Å². The predicted octanol–water partition coefficient (Wildman–Crippen LogP) is 3.93. The summed E-state index contributed by atoms with van der Waals surface area (Å²) in [6.45, 7) is 4.62. The molecule has 21 heavy (non-hydrogen) atoms. The van der Waals surface area contributed by atoms with Gasteiger partial charge in [0.2, 0.25) is 0 Å². The molecule has 0 atom stereocenters. The van der Waals surface area contributed by atoms with Gasteiger partial charge in [0.15, 0.2) is 0 Å². The molecule has 0 unspecified atom stereocenters. The highest BCUT2D eigenvalue weighted by molar-refractivity contribution is 9.10. The van der Waals surface area contributed by atoms with E-state index >= 15 is 0 Å². The molecule has 0 aliphatic heterocycles. The number of anilines is 1. The van der Waals surface area contributed by atoms with Crippen molar-refractivity contribution in [2.45, 2.75) is 45.6 Å². The molecule has 1 fully saturated rings. The first-order valence-electron chi connectivity index (χ1n) is 7.44. The van der Waals surface area contributed by atoms with Crippen molar-refractivity contribution in [2.75, 3.05) is 19.4 Å². The maximum Gasteiger partial charge on any atom is 0.257 e. The number of carbonyl (C=O) groups is 1. The molecule has 1 heterocycles. The van der Waals surface area contributed by atoms with Crippen molar-refractivity contribution in [3.05, 3.63) is 22.3 Å². The minimum absolute atomic E-state index is 0.0397.